The van der Waals surface area contributed by atoms with Crippen LogP contribution in [0.5, 0.6) is 17.2 Å². The number of aromatic hydroxyl groups is 1. The molecule has 2 rings (SSSR count). The van der Waals surface area contributed by atoms with E-state index in [1.807, 2.05) is 0 Å². The third kappa shape index (κ3) is 5.74. The highest BCUT2D eigenvalue weighted by atomic mass is 35.5. The molecule has 136 valence electrons. The first-order valence-corrected chi connectivity index (χ1v) is 8.07. The zero-order valence-corrected chi connectivity index (χ0v) is 14.3. The summed E-state index contributed by atoms with van der Waals surface area (Å²) in [6, 6.07) is 7.58. The van der Waals surface area contributed by atoms with Gasteiger partial charge in [0.2, 0.25) is 0 Å². The van der Waals surface area contributed by atoms with Crippen molar-refractivity contribution >= 4 is 11.6 Å². The Labute approximate surface area is 148 Å². The maximum Gasteiger partial charge on any atom is 0.416 e. The lowest BCUT2D eigenvalue weighted by molar-refractivity contribution is -0.137. The summed E-state index contributed by atoms with van der Waals surface area (Å²) in [5, 5.41) is 9.76. The molecule has 0 aromatic heterocycles. The summed E-state index contributed by atoms with van der Waals surface area (Å²) in [6.07, 6.45) is -2.98. The maximum atomic E-state index is 12.5. The van der Waals surface area contributed by atoms with Gasteiger partial charge in [-0.15, -0.1) is 0 Å². The van der Waals surface area contributed by atoms with Gasteiger partial charge in [-0.1, -0.05) is 11.6 Å². The van der Waals surface area contributed by atoms with Crippen LogP contribution in [0.2, 0.25) is 5.02 Å². The summed E-state index contributed by atoms with van der Waals surface area (Å²) in [7, 11) is 0. The minimum atomic E-state index is -4.34. The minimum absolute atomic E-state index is 0.0831. The van der Waals surface area contributed by atoms with E-state index >= 15 is 0 Å². The Morgan fingerprint density at radius 2 is 1.60 bits per heavy atom. The fraction of sp³-hybridized carbons (Fsp3) is 0.333. The fourth-order valence-electron chi connectivity index (χ4n) is 2.20. The van der Waals surface area contributed by atoms with Crippen molar-refractivity contribution in [1.29, 1.82) is 0 Å². The van der Waals surface area contributed by atoms with Gasteiger partial charge in [-0.25, -0.2) is 0 Å². The van der Waals surface area contributed by atoms with Crippen molar-refractivity contribution in [1.82, 2.24) is 0 Å². The van der Waals surface area contributed by atoms with Crippen LogP contribution in [0.25, 0.3) is 0 Å². The van der Waals surface area contributed by atoms with Crippen molar-refractivity contribution in [2.24, 2.45) is 0 Å². The normalized spacial score (nSPS) is 11.4. The summed E-state index contributed by atoms with van der Waals surface area (Å²) in [5.41, 5.74) is 0.0420. The van der Waals surface area contributed by atoms with E-state index in [0.29, 0.717) is 42.6 Å². The standard InChI is InChI=1S/C18H18ClF3O3/c1-12-10-14(23)11-16(19)17(12)25-9-3-2-8-24-15-6-4-13(5-7-15)18(20,21)22/h4-7,10-11,23H,2-3,8-9H2,1H3. The van der Waals surface area contributed by atoms with Crippen molar-refractivity contribution in [2.75, 3.05) is 13.2 Å². The lowest BCUT2D eigenvalue weighted by atomic mass is 10.2. The van der Waals surface area contributed by atoms with E-state index in [2.05, 4.69) is 0 Å². The molecule has 0 fully saturated rings. The summed E-state index contributed by atoms with van der Waals surface area (Å²) in [6.45, 7) is 2.58. The van der Waals surface area contributed by atoms with E-state index in [-0.39, 0.29) is 5.75 Å². The van der Waals surface area contributed by atoms with Gasteiger partial charge in [0.25, 0.3) is 0 Å². The quantitative estimate of drug-likeness (QED) is 0.640. The molecule has 2 aromatic rings. The van der Waals surface area contributed by atoms with Crippen LogP contribution in [0.4, 0.5) is 13.2 Å². The summed E-state index contributed by atoms with van der Waals surface area (Å²) in [4.78, 5) is 0. The molecule has 1 N–H and O–H groups in total. The van der Waals surface area contributed by atoms with Crippen molar-refractivity contribution in [3.63, 3.8) is 0 Å². The van der Waals surface area contributed by atoms with Crippen molar-refractivity contribution < 1.29 is 27.8 Å². The molecule has 25 heavy (non-hydrogen) atoms. The number of benzene rings is 2. The Balaban J connectivity index is 1.70. The van der Waals surface area contributed by atoms with E-state index < -0.39 is 11.7 Å². The highest BCUT2D eigenvalue weighted by molar-refractivity contribution is 6.32. The SMILES string of the molecule is Cc1cc(O)cc(Cl)c1OCCCCOc1ccc(C(F)(F)F)cc1. The largest absolute Gasteiger partial charge is 0.508 e. The third-order valence-corrected chi connectivity index (χ3v) is 3.73. The van der Waals surface area contributed by atoms with Gasteiger partial charge in [-0.3, -0.25) is 0 Å². The predicted octanol–water partition coefficient (Wildman–Crippen LogP) is 5.61. The molecule has 0 unspecified atom stereocenters. The molecule has 7 heteroatoms. The number of aryl methyl sites for hydroxylation is 1. The van der Waals surface area contributed by atoms with Gasteiger partial charge >= 0.3 is 6.18 Å². The summed E-state index contributed by atoms with van der Waals surface area (Å²) >= 11 is 6.01. The molecule has 3 nitrogen and oxygen atoms in total. The Morgan fingerprint density at radius 1 is 1.00 bits per heavy atom. The average molecular weight is 375 g/mol. The molecule has 0 radical (unpaired) electrons. The molecular weight excluding hydrogens is 357 g/mol. The average Bonchev–Trinajstić information content (AvgIpc) is 2.52. The van der Waals surface area contributed by atoms with E-state index in [1.165, 1.54) is 18.2 Å². The highest BCUT2D eigenvalue weighted by Crippen LogP contribution is 2.32. The Hall–Kier alpha value is -2.08. The van der Waals surface area contributed by atoms with Gasteiger partial charge in [0.1, 0.15) is 17.2 Å². The summed E-state index contributed by atoms with van der Waals surface area (Å²) < 4.78 is 48.4. The van der Waals surface area contributed by atoms with Crippen LogP contribution in [-0.2, 0) is 6.18 Å². The molecule has 0 amide bonds. The topological polar surface area (TPSA) is 38.7 Å². The van der Waals surface area contributed by atoms with Crippen molar-refractivity contribution in [3.05, 3.63) is 52.5 Å². The molecule has 0 bridgehead atoms. The van der Waals surface area contributed by atoms with E-state index in [0.717, 1.165) is 17.7 Å². The first kappa shape index (κ1) is 19.2. The van der Waals surface area contributed by atoms with Crippen LogP contribution in [0, 0.1) is 6.92 Å². The molecule has 0 heterocycles. The number of ether oxygens (including phenoxy) is 2. The van der Waals surface area contributed by atoms with Crippen molar-refractivity contribution in [2.45, 2.75) is 25.9 Å². The van der Waals surface area contributed by atoms with Gasteiger partial charge in [0.05, 0.1) is 23.8 Å². The molecule has 0 aliphatic rings. The number of phenolic OH excluding ortho intramolecular Hbond substituents is 1. The molecule has 0 atom stereocenters. The molecule has 2 aromatic carbocycles. The highest BCUT2D eigenvalue weighted by Gasteiger charge is 2.29. The van der Waals surface area contributed by atoms with E-state index in [9.17, 15) is 18.3 Å². The molecule has 0 spiro atoms. The zero-order chi connectivity index (χ0) is 18.4. The molecule has 0 aliphatic heterocycles. The number of halogens is 4. The predicted molar refractivity (Wildman–Crippen MR) is 89.5 cm³/mol. The van der Waals surface area contributed by atoms with Crippen LogP contribution >= 0.6 is 11.6 Å². The van der Waals surface area contributed by atoms with Crippen LogP contribution in [-0.4, -0.2) is 18.3 Å². The maximum absolute atomic E-state index is 12.5. The Bertz CT molecular complexity index is 677. The second kappa shape index (κ2) is 8.34. The lowest BCUT2D eigenvalue weighted by Crippen LogP contribution is -2.05. The minimum Gasteiger partial charge on any atom is -0.508 e. The lowest BCUT2D eigenvalue weighted by Gasteiger charge is -2.12. The first-order valence-electron chi connectivity index (χ1n) is 7.69. The van der Waals surface area contributed by atoms with Gasteiger partial charge in [-0.05, 0) is 55.7 Å². The van der Waals surface area contributed by atoms with Crippen LogP contribution < -0.4 is 9.47 Å². The number of hydrogen-bond donors (Lipinski definition) is 1. The van der Waals surface area contributed by atoms with Crippen molar-refractivity contribution in [3.8, 4) is 17.2 Å². The molecular formula is C18H18ClF3O3. The number of unbranched alkanes of at least 4 members (excludes halogenated alkanes) is 1. The van der Waals surface area contributed by atoms with Gasteiger partial charge in [-0.2, -0.15) is 13.2 Å². The Kier molecular flexibility index (Phi) is 6.42. The summed E-state index contributed by atoms with van der Waals surface area (Å²) in [5.74, 6) is 1.01. The van der Waals surface area contributed by atoms with E-state index in [1.54, 1.807) is 13.0 Å². The second-order valence-electron chi connectivity index (χ2n) is 5.50. The molecule has 0 saturated carbocycles. The number of phenols is 1. The van der Waals surface area contributed by atoms with E-state index in [4.69, 9.17) is 21.1 Å². The van der Waals surface area contributed by atoms with Gasteiger partial charge in [0, 0.05) is 6.07 Å². The van der Waals surface area contributed by atoms with Crippen LogP contribution in [0.15, 0.2) is 36.4 Å². The smallest absolute Gasteiger partial charge is 0.416 e. The number of rotatable bonds is 7. The van der Waals surface area contributed by atoms with Crippen LogP contribution in [0.3, 0.4) is 0 Å². The number of hydrogen-bond acceptors (Lipinski definition) is 3. The monoisotopic (exact) mass is 374 g/mol. The number of alkyl halides is 3. The second-order valence-corrected chi connectivity index (χ2v) is 5.91. The fourth-order valence-corrected chi connectivity index (χ4v) is 2.52. The van der Waals surface area contributed by atoms with Crippen LogP contribution in [0.1, 0.15) is 24.0 Å². The van der Waals surface area contributed by atoms with Gasteiger partial charge in [0.15, 0.2) is 0 Å². The molecule has 0 saturated heterocycles. The first-order chi connectivity index (χ1) is 11.8. The zero-order valence-electron chi connectivity index (χ0n) is 13.6. The Morgan fingerprint density at radius 3 is 2.16 bits per heavy atom. The molecule has 0 aliphatic carbocycles. The third-order valence-electron chi connectivity index (χ3n) is 3.45. The van der Waals surface area contributed by atoms with Gasteiger partial charge < -0.3 is 14.6 Å².